The standard InChI is InChI=1S/C10H20F3N3O.2ClH/c1-16(8-10(11,12)13)7-3-6-15-9(17)4-2-5-14;;/h2-8,14H2,1H3,(H,15,17);2*1H. The molecule has 0 rings (SSSR count). The number of carbonyl (C=O) groups excluding carboxylic acids is 1. The number of rotatable bonds is 8. The predicted octanol–water partition coefficient (Wildman–Crippen LogP) is 1.57. The van der Waals surface area contributed by atoms with Crippen molar-refractivity contribution in [2.75, 3.05) is 33.2 Å². The molecule has 118 valence electrons. The largest absolute Gasteiger partial charge is 0.401 e. The highest BCUT2D eigenvalue weighted by molar-refractivity contribution is 5.85. The minimum absolute atomic E-state index is 0. The van der Waals surface area contributed by atoms with Gasteiger partial charge in [0, 0.05) is 13.0 Å². The third-order valence-electron chi connectivity index (χ3n) is 2.10. The van der Waals surface area contributed by atoms with E-state index in [4.69, 9.17) is 5.73 Å². The average Bonchev–Trinajstić information content (AvgIpc) is 2.19. The number of halogens is 5. The predicted molar refractivity (Wildman–Crippen MR) is 74.0 cm³/mol. The summed E-state index contributed by atoms with van der Waals surface area (Å²) in [4.78, 5) is 12.3. The van der Waals surface area contributed by atoms with Gasteiger partial charge < -0.3 is 11.1 Å². The van der Waals surface area contributed by atoms with Crippen molar-refractivity contribution in [3.05, 3.63) is 0 Å². The third-order valence-corrected chi connectivity index (χ3v) is 2.10. The summed E-state index contributed by atoms with van der Waals surface area (Å²) < 4.78 is 35.9. The third kappa shape index (κ3) is 17.8. The van der Waals surface area contributed by atoms with Crippen LogP contribution in [-0.4, -0.2) is 50.2 Å². The molecule has 0 bridgehead atoms. The number of nitrogens with zero attached hydrogens (tertiary/aromatic N) is 1. The van der Waals surface area contributed by atoms with Crippen molar-refractivity contribution in [1.29, 1.82) is 0 Å². The molecule has 0 atom stereocenters. The highest BCUT2D eigenvalue weighted by atomic mass is 35.5. The summed E-state index contributed by atoms with van der Waals surface area (Å²) in [5.41, 5.74) is 5.24. The molecule has 1 amide bonds. The van der Waals surface area contributed by atoms with E-state index in [9.17, 15) is 18.0 Å². The van der Waals surface area contributed by atoms with E-state index < -0.39 is 12.7 Å². The Kier molecular flexibility index (Phi) is 16.0. The zero-order valence-corrected chi connectivity index (χ0v) is 12.5. The second-order valence-corrected chi connectivity index (χ2v) is 3.95. The van der Waals surface area contributed by atoms with Gasteiger partial charge >= 0.3 is 6.18 Å². The molecule has 4 nitrogen and oxygen atoms in total. The van der Waals surface area contributed by atoms with Crippen LogP contribution in [0.25, 0.3) is 0 Å². The summed E-state index contributed by atoms with van der Waals surface area (Å²) in [5, 5.41) is 2.63. The van der Waals surface area contributed by atoms with Crippen molar-refractivity contribution < 1.29 is 18.0 Å². The fraction of sp³-hybridized carbons (Fsp3) is 0.900. The van der Waals surface area contributed by atoms with Gasteiger partial charge in [0.15, 0.2) is 0 Å². The topological polar surface area (TPSA) is 58.4 Å². The van der Waals surface area contributed by atoms with Crippen molar-refractivity contribution >= 4 is 30.7 Å². The van der Waals surface area contributed by atoms with Crippen LogP contribution in [0.2, 0.25) is 0 Å². The Hall–Kier alpha value is -0.240. The summed E-state index contributed by atoms with van der Waals surface area (Å²) in [6.07, 6.45) is -2.67. The van der Waals surface area contributed by atoms with Gasteiger partial charge in [0.25, 0.3) is 0 Å². The molecule has 0 fully saturated rings. The van der Waals surface area contributed by atoms with Gasteiger partial charge in [-0.15, -0.1) is 24.8 Å². The van der Waals surface area contributed by atoms with Crippen LogP contribution >= 0.6 is 24.8 Å². The maximum Gasteiger partial charge on any atom is 0.401 e. The number of nitrogens with one attached hydrogen (secondary N) is 1. The van der Waals surface area contributed by atoms with Crippen molar-refractivity contribution in [3.63, 3.8) is 0 Å². The Labute approximate surface area is 124 Å². The minimum Gasteiger partial charge on any atom is -0.356 e. The molecule has 0 aromatic heterocycles. The van der Waals surface area contributed by atoms with Gasteiger partial charge in [-0.2, -0.15) is 13.2 Å². The van der Waals surface area contributed by atoms with Crippen LogP contribution in [0.15, 0.2) is 0 Å². The SMILES string of the molecule is CN(CCCNC(=O)CCCN)CC(F)(F)F.Cl.Cl. The molecule has 0 heterocycles. The zero-order chi connectivity index (χ0) is 13.3. The van der Waals surface area contributed by atoms with E-state index in [-0.39, 0.29) is 30.7 Å². The summed E-state index contributed by atoms with van der Waals surface area (Å²) >= 11 is 0. The first-order chi connectivity index (χ1) is 7.85. The minimum atomic E-state index is -4.17. The van der Waals surface area contributed by atoms with Crippen molar-refractivity contribution in [1.82, 2.24) is 10.2 Å². The quantitative estimate of drug-likeness (QED) is 0.665. The first-order valence-electron chi connectivity index (χ1n) is 5.57. The van der Waals surface area contributed by atoms with Crippen LogP contribution in [0.4, 0.5) is 13.2 Å². The monoisotopic (exact) mass is 327 g/mol. The lowest BCUT2D eigenvalue weighted by molar-refractivity contribution is -0.143. The first kappa shape index (κ1) is 23.8. The van der Waals surface area contributed by atoms with E-state index >= 15 is 0 Å². The first-order valence-corrected chi connectivity index (χ1v) is 5.57. The highest BCUT2D eigenvalue weighted by Crippen LogP contribution is 2.15. The Morgan fingerprint density at radius 3 is 2.32 bits per heavy atom. The number of nitrogens with two attached hydrogens (primary N) is 1. The lowest BCUT2D eigenvalue weighted by Gasteiger charge is -2.18. The van der Waals surface area contributed by atoms with Crippen LogP contribution in [0.5, 0.6) is 0 Å². The molecule has 0 aliphatic heterocycles. The summed E-state index contributed by atoms with van der Waals surface area (Å²) in [6, 6.07) is 0. The summed E-state index contributed by atoms with van der Waals surface area (Å²) in [5.74, 6) is -0.103. The molecule has 0 spiro atoms. The van der Waals surface area contributed by atoms with Gasteiger partial charge in [-0.25, -0.2) is 0 Å². The van der Waals surface area contributed by atoms with Gasteiger partial charge in [-0.1, -0.05) is 0 Å². The van der Waals surface area contributed by atoms with Crippen molar-refractivity contribution in [2.45, 2.75) is 25.4 Å². The van der Waals surface area contributed by atoms with Gasteiger partial charge in [-0.05, 0) is 33.0 Å². The molecule has 0 aliphatic carbocycles. The molecule has 0 saturated heterocycles. The van der Waals surface area contributed by atoms with E-state index in [0.29, 0.717) is 38.9 Å². The summed E-state index contributed by atoms with van der Waals surface area (Å²) in [7, 11) is 1.41. The fourth-order valence-electron chi connectivity index (χ4n) is 1.31. The molecule has 0 unspecified atom stereocenters. The van der Waals surface area contributed by atoms with Gasteiger partial charge in [0.1, 0.15) is 0 Å². The van der Waals surface area contributed by atoms with E-state index in [2.05, 4.69) is 5.32 Å². The smallest absolute Gasteiger partial charge is 0.356 e. The fourth-order valence-corrected chi connectivity index (χ4v) is 1.31. The normalized spacial score (nSPS) is 10.6. The number of hydrogen-bond acceptors (Lipinski definition) is 3. The number of alkyl halides is 3. The molecule has 9 heteroatoms. The lowest BCUT2D eigenvalue weighted by Crippen LogP contribution is -2.33. The molecule has 0 saturated carbocycles. The van der Waals surface area contributed by atoms with Crippen LogP contribution < -0.4 is 11.1 Å². The van der Waals surface area contributed by atoms with E-state index in [1.807, 2.05) is 0 Å². The Bertz CT molecular complexity index is 231. The Morgan fingerprint density at radius 1 is 1.26 bits per heavy atom. The summed E-state index contributed by atoms with van der Waals surface area (Å²) in [6.45, 7) is 0.234. The molecule has 19 heavy (non-hydrogen) atoms. The maximum atomic E-state index is 12.0. The Balaban J connectivity index is -0.00000128. The molecule has 0 aromatic carbocycles. The second-order valence-electron chi connectivity index (χ2n) is 3.95. The number of hydrogen-bond donors (Lipinski definition) is 2. The number of carbonyl (C=O) groups is 1. The maximum absolute atomic E-state index is 12.0. The average molecular weight is 328 g/mol. The van der Waals surface area contributed by atoms with Crippen molar-refractivity contribution in [3.8, 4) is 0 Å². The molecular weight excluding hydrogens is 306 g/mol. The number of amides is 1. The lowest BCUT2D eigenvalue weighted by atomic mass is 10.3. The molecule has 0 aliphatic rings. The van der Waals surface area contributed by atoms with E-state index in [1.54, 1.807) is 0 Å². The van der Waals surface area contributed by atoms with Gasteiger partial charge in [0.05, 0.1) is 6.54 Å². The van der Waals surface area contributed by atoms with Crippen LogP contribution in [0, 0.1) is 0 Å². The van der Waals surface area contributed by atoms with Crippen LogP contribution in [0.1, 0.15) is 19.3 Å². The molecular formula is C10H22Cl2F3N3O. The van der Waals surface area contributed by atoms with Crippen LogP contribution in [-0.2, 0) is 4.79 Å². The van der Waals surface area contributed by atoms with Gasteiger partial charge in [-0.3, -0.25) is 9.69 Å². The van der Waals surface area contributed by atoms with E-state index in [1.165, 1.54) is 11.9 Å². The molecule has 3 N–H and O–H groups in total. The molecule has 0 aromatic rings. The highest BCUT2D eigenvalue weighted by Gasteiger charge is 2.28. The van der Waals surface area contributed by atoms with Gasteiger partial charge in [0.2, 0.25) is 5.91 Å². The van der Waals surface area contributed by atoms with Crippen LogP contribution in [0.3, 0.4) is 0 Å². The second kappa shape index (κ2) is 12.8. The Morgan fingerprint density at radius 2 is 1.84 bits per heavy atom. The van der Waals surface area contributed by atoms with Crippen molar-refractivity contribution in [2.24, 2.45) is 5.73 Å². The zero-order valence-electron chi connectivity index (χ0n) is 10.8. The molecule has 0 radical (unpaired) electrons. The van der Waals surface area contributed by atoms with E-state index in [0.717, 1.165) is 0 Å².